The van der Waals surface area contributed by atoms with Gasteiger partial charge < -0.3 is 19.9 Å². The Morgan fingerprint density at radius 1 is 1.15 bits per heavy atom. The summed E-state index contributed by atoms with van der Waals surface area (Å²) >= 11 is 2.54. The van der Waals surface area contributed by atoms with Gasteiger partial charge in [0.15, 0.2) is 6.04 Å². The maximum Gasteiger partial charge on any atom is 1.00 e. The van der Waals surface area contributed by atoms with Gasteiger partial charge in [-0.1, -0.05) is 37.3 Å². The molecule has 1 N–H and O–H groups in total. The van der Waals surface area contributed by atoms with E-state index >= 15 is 0 Å². The molecule has 3 heterocycles. The van der Waals surface area contributed by atoms with Gasteiger partial charge in [-0.25, -0.2) is 0 Å². The molecule has 2 fully saturated rings. The molecule has 0 spiro atoms. The van der Waals surface area contributed by atoms with Gasteiger partial charge in [0.05, 0.1) is 11.7 Å². The number of thioether (sulfide) groups is 1. The van der Waals surface area contributed by atoms with Crippen LogP contribution in [-0.2, 0) is 25.7 Å². The van der Waals surface area contributed by atoms with Crippen LogP contribution in [0, 0.1) is 0 Å². The van der Waals surface area contributed by atoms with Gasteiger partial charge in [-0.3, -0.25) is 23.6 Å². The maximum absolute atomic E-state index is 13.4. The predicted octanol–water partition coefficient (Wildman–Crippen LogP) is -0.711. The number of carboxylic acid groups (broad SMARTS) is 1. The molecular weight excluding hydrogens is 561 g/mol. The van der Waals surface area contributed by atoms with Crippen molar-refractivity contribution < 1.29 is 58.9 Å². The molecule has 2 aromatic rings. The SMILES string of the molecule is CCC(=O)N(Sc1ccccc1)[C@@H]1C(=O)N2C(C(=O)[O-])=C(/C=C3\CCN(Cc4ccc(O)cc4)C3=O)CS[C@H]12.[Na+]. The number of β-lactam (4-membered cyclic amide) rings is 1. The van der Waals surface area contributed by atoms with Crippen molar-refractivity contribution in [2.24, 2.45) is 0 Å². The minimum atomic E-state index is -1.49. The Morgan fingerprint density at radius 2 is 1.85 bits per heavy atom. The maximum atomic E-state index is 13.4. The van der Waals surface area contributed by atoms with Crippen molar-refractivity contribution in [2.75, 3.05) is 12.3 Å². The average Bonchev–Trinajstić information content (AvgIpc) is 3.27. The zero-order valence-electron chi connectivity index (χ0n) is 22.1. The molecule has 0 aromatic heterocycles. The van der Waals surface area contributed by atoms with Gasteiger partial charge >= 0.3 is 29.6 Å². The third kappa shape index (κ3) is 5.99. The summed E-state index contributed by atoms with van der Waals surface area (Å²) in [6, 6.07) is 15.0. The summed E-state index contributed by atoms with van der Waals surface area (Å²) in [7, 11) is 0. The number of allylic oxidation sites excluding steroid dienone is 1. The van der Waals surface area contributed by atoms with Crippen molar-refractivity contribution in [1.29, 1.82) is 0 Å². The van der Waals surface area contributed by atoms with Crippen molar-refractivity contribution in [3.8, 4) is 5.75 Å². The number of amides is 3. The number of carbonyl (C=O) groups is 4. The van der Waals surface area contributed by atoms with Gasteiger partial charge in [0.1, 0.15) is 11.1 Å². The molecule has 0 unspecified atom stereocenters. The number of carboxylic acids is 1. The molecule has 0 aliphatic carbocycles. The second kappa shape index (κ2) is 12.9. The summed E-state index contributed by atoms with van der Waals surface area (Å²) in [5.74, 6) is -2.00. The third-order valence-corrected chi connectivity index (χ3v) is 9.18. The van der Waals surface area contributed by atoms with Crippen molar-refractivity contribution in [3.05, 3.63) is 83.1 Å². The quantitative estimate of drug-likeness (QED) is 0.186. The number of phenolic OH excluding ortho intramolecular Hbond substituents is 1. The Morgan fingerprint density at radius 3 is 2.50 bits per heavy atom. The molecule has 202 valence electrons. The molecule has 3 aliphatic heterocycles. The second-order valence-corrected chi connectivity index (χ2v) is 11.5. The molecule has 5 rings (SSSR count). The van der Waals surface area contributed by atoms with E-state index in [0.29, 0.717) is 30.7 Å². The van der Waals surface area contributed by atoms with Crippen LogP contribution >= 0.6 is 23.7 Å². The van der Waals surface area contributed by atoms with E-state index in [1.807, 2.05) is 30.3 Å². The summed E-state index contributed by atoms with van der Waals surface area (Å²) < 4.78 is 1.45. The number of aliphatic carboxylic acids is 1. The van der Waals surface area contributed by atoms with Crippen LogP contribution in [-0.4, -0.2) is 66.6 Å². The number of likely N-dealkylation sites (tertiary alicyclic amines) is 1. The van der Waals surface area contributed by atoms with Crippen LogP contribution < -0.4 is 34.7 Å². The molecule has 0 radical (unpaired) electrons. The van der Waals surface area contributed by atoms with Gasteiger partial charge in [0, 0.05) is 35.7 Å². The first-order chi connectivity index (χ1) is 18.8. The van der Waals surface area contributed by atoms with Gasteiger partial charge in [0.25, 0.3) is 5.91 Å². The third-order valence-electron chi connectivity index (χ3n) is 6.78. The fourth-order valence-electron chi connectivity index (χ4n) is 4.80. The Balaban J connectivity index is 0.00000370. The Hall–Kier alpha value is -2.70. The Kier molecular flexibility index (Phi) is 9.73. The predicted molar refractivity (Wildman–Crippen MR) is 145 cm³/mol. The first-order valence-corrected chi connectivity index (χ1v) is 14.3. The molecule has 2 saturated heterocycles. The van der Waals surface area contributed by atoms with Crippen molar-refractivity contribution in [3.63, 3.8) is 0 Å². The molecule has 9 nitrogen and oxygen atoms in total. The number of rotatable bonds is 8. The molecular formula is C28H26N3NaO6S2. The van der Waals surface area contributed by atoms with Crippen molar-refractivity contribution >= 4 is 47.4 Å². The minimum absolute atomic E-state index is 0. The largest absolute Gasteiger partial charge is 1.00 e. The molecule has 12 heteroatoms. The number of hydrogen-bond acceptors (Lipinski definition) is 8. The smallest absolute Gasteiger partial charge is 0.543 e. The van der Waals surface area contributed by atoms with E-state index < -0.39 is 23.3 Å². The van der Waals surface area contributed by atoms with E-state index in [1.54, 1.807) is 42.2 Å². The summed E-state index contributed by atoms with van der Waals surface area (Å²) in [4.78, 5) is 55.1. The Bertz CT molecular complexity index is 1380. The summed E-state index contributed by atoms with van der Waals surface area (Å²) in [6.45, 7) is 2.56. The van der Waals surface area contributed by atoms with Gasteiger partial charge in [0.2, 0.25) is 11.8 Å². The molecule has 0 saturated carbocycles. The van der Waals surface area contributed by atoms with Gasteiger partial charge in [-0.15, -0.1) is 11.8 Å². The van der Waals surface area contributed by atoms with E-state index in [2.05, 4.69) is 0 Å². The van der Waals surface area contributed by atoms with Crippen LogP contribution in [0.5, 0.6) is 5.75 Å². The first kappa shape index (κ1) is 30.3. The summed E-state index contributed by atoms with van der Waals surface area (Å²) in [5.41, 5.74) is 1.44. The monoisotopic (exact) mass is 587 g/mol. The normalized spacial score (nSPS) is 21.2. The van der Waals surface area contributed by atoms with Crippen molar-refractivity contribution in [2.45, 2.75) is 42.6 Å². The van der Waals surface area contributed by atoms with E-state index in [9.17, 15) is 29.4 Å². The molecule has 40 heavy (non-hydrogen) atoms. The fraction of sp³-hybridized carbons (Fsp3) is 0.286. The van der Waals surface area contributed by atoms with Crippen LogP contribution in [0.3, 0.4) is 0 Å². The number of benzene rings is 2. The van der Waals surface area contributed by atoms with E-state index in [0.717, 1.165) is 10.5 Å². The van der Waals surface area contributed by atoms with Crippen LogP contribution in [0.4, 0.5) is 0 Å². The average molecular weight is 588 g/mol. The second-order valence-electron chi connectivity index (χ2n) is 9.31. The number of hydrogen-bond donors (Lipinski definition) is 1. The first-order valence-electron chi connectivity index (χ1n) is 12.5. The molecule has 3 amide bonds. The van der Waals surface area contributed by atoms with Gasteiger partial charge in [-0.2, -0.15) is 0 Å². The fourth-order valence-corrected chi connectivity index (χ4v) is 7.29. The zero-order valence-corrected chi connectivity index (χ0v) is 25.7. The summed E-state index contributed by atoms with van der Waals surface area (Å²) in [5, 5.41) is 21.2. The molecule has 3 aliphatic rings. The van der Waals surface area contributed by atoms with Crippen LogP contribution in [0.2, 0.25) is 0 Å². The van der Waals surface area contributed by atoms with E-state index in [1.165, 1.54) is 32.9 Å². The number of aromatic hydroxyl groups is 1. The minimum Gasteiger partial charge on any atom is -0.543 e. The van der Waals surface area contributed by atoms with Crippen LogP contribution in [0.15, 0.2) is 82.4 Å². The van der Waals surface area contributed by atoms with Crippen LogP contribution in [0.1, 0.15) is 25.3 Å². The van der Waals surface area contributed by atoms with Crippen molar-refractivity contribution in [1.82, 2.24) is 14.1 Å². The van der Waals surface area contributed by atoms with E-state index in [4.69, 9.17) is 0 Å². The molecule has 2 aromatic carbocycles. The molecule has 2 atom stereocenters. The topological polar surface area (TPSA) is 121 Å². The number of nitrogens with zero attached hydrogens (tertiary/aromatic N) is 3. The van der Waals surface area contributed by atoms with Gasteiger partial charge in [-0.05, 0) is 59.8 Å². The summed E-state index contributed by atoms with van der Waals surface area (Å²) in [6.07, 6.45) is 2.21. The van der Waals surface area contributed by atoms with E-state index in [-0.39, 0.29) is 65.0 Å². The zero-order chi connectivity index (χ0) is 27.7. The standard InChI is InChI=1S/C28H27N3O6S2.Na/c1-2-22(33)31(39-21-6-4-3-5-7-21)24-26(35)30-23(28(36)37)19(16-38-27(24)30)14-18-12-13-29(25(18)34)15-17-8-10-20(32)11-9-17;/h3-11,14,24,27,32H,2,12-13,15-16H2,1H3,(H,36,37);/q;+1/p-1/b18-14+;/t24-,27-;/m1./s1. The number of carbonyl (C=O) groups excluding carboxylic acids is 4. The molecule has 0 bridgehead atoms. The Labute approximate surface area is 262 Å². The van der Waals surface area contributed by atoms with Crippen LogP contribution in [0.25, 0.3) is 0 Å². The number of fused-ring (bicyclic) bond motifs is 1. The number of phenols is 1.